The number of benzene rings is 1. The molecule has 2 aromatic rings. The molecular formula is C17H14BrN3O3S. The fourth-order valence-corrected chi connectivity index (χ4v) is 2.89. The van der Waals surface area contributed by atoms with Crippen LogP contribution < -0.4 is 5.32 Å². The Hall–Kier alpha value is -2.37. The maximum absolute atomic E-state index is 12.2. The minimum atomic E-state index is -0.587. The van der Waals surface area contributed by atoms with Crippen LogP contribution in [0.2, 0.25) is 0 Å². The van der Waals surface area contributed by atoms with Crippen molar-refractivity contribution in [3.05, 3.63) is 52.6 Å². The number of hydrogen-bond donors (Lipinski definition) is 1. The van der Waals surface area contributed by atoms with Gasteiger partial charge in [0.15, 0.2) is 6.61 Å². The molecule has 1 heterocycles. The minimum Gasteiger partial charge on any atom is -0.452 e. The van der Waals surface area contributed by atoms with Crippen molar-refractivity contribution in [2.45, 2.75) is 16.3 Å². The molecule has 1 N–H and O–H groups in total. The number of aromatic nitrogens is 1. The molecule has 0 aliphatic heterocycles. The zero-order chi connectivity index (χ0) is 18.1. The Morgan fingerprint density at radius 1 is 1.28 bits per heavy atom. The van der Waals surface area contributed by atoms with Gasteiger partial charge in [-0.1, -0.05) is 23.9 Å². The van der Waals surface area contributed by atoms with Crippen LogP contribution in [0.3, 0.4) is 0 Å². The Morgan fingerprint density at radius 3 is 2.80 bits per heavy atom. The van der Waals surface area contributed by atoms with Crippen LogP contribution >= 0.6 is 27.7 Å². The van der Waals surface area contributed by atoms with Crippen LogP contribution in [0.25, 0.3) is 0 Å². The molecule has 1 aromatic heterocycles. The number of ether oxygens (including phenoxy) is 1. The van der Waals surface area contributed by atoms with Gasteiger partial charge in [0, 0.05) is 22.1 Å². The summed E-state index contributed by atoms with van der Waals surface area (Å²) in [6.07, 6.45) is 1.88. The van der Waals surface area contributed by atoms with Gasteiger partial charge in [0.1, 0.15) is 5.03 Å². The molecule has 0 atom stereocenters. The van der Waals surface area contributed by atoms with Crippen LogP contribution in [-0.4, -0.2) is 30.0 Å². The summed E-state index contributed by atoms with van der Waals surface area (Å²) in [6, 6.07) is 12.6. The first kappa shape index (κ1) is 19.0. The highest BCUT2D eigenvalue weighted by Gasteiger charge is 2.15. The monoisotopic (exact) mass is 419 g/mol. The number of rotatable bonds is 7. The van der Waals surface area contributed by atoms with Gasteiger partial charge in [0.05, 0.1) is 18.1 Å². The number of esters is 1. The minimum absolute atomic E-state index is 0.208. The van der Waals surface area contributed by atoms with Gasteiger partial charge < -0.3 is 10.1 Å². The highest BCUT2D eigenvalue weighted by atomic mass is 79.9. The van der Waals surface area contributed by atoms with Crippen molar-refractivity contribution in [1.29, 1.82) is 5.26 Å². The lowest BCUT2D eigenvalue weighted by molar-refractivity contribution is -0.124. The van der Waals surface area contributed by atoms with Crippen LogP contribution in [0.5, 0.6) is 0 Å². The molecule has 1 aromatic carbocycles. The van der Waals surface area contributed by atoms with Crippen molar-refractivity contribution in [3.63, 3.8) is 0 Å². The third-order valence-corrected chi connectivity index (χ3v) is 4.41. The fraction of sp³-hybridized carbons (Fsp3) is 0.176. The molecule has 0 saturated heterocycles. The van der Waals surface area contributed by atoms with Crippen molar-refractivity contribution < 1.29 is 14.3 Å². The molecule has 1 amide bonds. The van der Waals surface area contributed by atoms with E-state index in [1.807, 2.05) is 24.3 Å². The Balaban J connectivity index is 1.99. The van der Waals surface area contributed by atoms with E-state index in [4.69, 9.17) is 10.00 Å². The Labute approximate surface area is 157 Å². The summed E-state index contributed by atoms with van der Waals surface area (Å²) in [7, 11) is 0. The van der Waals surface area contributed by atoms with E-state index in [1.165, 1.54) is 11.8 Å². The second kappa shape index (κ2) is 9.81. The summed E-state index contributed by atoms with van der Waals surface area (Å²) in [6.45, 7) is -0.158. The molecule has 8 heteroatoms. The Bertz CT molecular complexity index is 790. The van der Waals surface area contributed by atoms with Gasteiger partial charge in [-0.15, -0.1) is 0 Å². The molecule has 2 rings (SSSR count). The Morgan fingerprint density at radius 2 is 2.08 bits per heavy atom. The number of nitrogens with zero attached hydrogens (tertiary/aromatic N) is 2. The maximum atomic E-state index is 12.2. The van der Waals surface area contributed by atoms with Gasteiger partial charge in [-0.25, -0.2) is 9.78 Å². The number of halogens is 1. The van der Waals surface area contributed by atoms with Crippen LogP contribution in [0.4, 0.5) is 0 Å². The number of nitriles is 1. The third-order valence-electron chi connectivity index (χ3n) is 2.92. The molecule has 6 nitrogen and oxygen atoms in total. The first-order valence-electron chi connectivity index (χ1n) is 7.29. The summed E-state index contributed by atoms with van der Waals surface area (Å²) in [5.74, 6) is -1.03. The van der Waals surface area contributed by atoms with Crippen molar-refractivity contribution in [2.24, 2.45) is 0 Å². The molecule has 0 fully saturated rings. The number of carbonyl (C=O) groups excluding carboxylic acids is 2. The van der Waals surface area contributed by atoms with Crippen LogP contribution in [0.15, 0.2) is 57.0 Å². The van der Waals surface area contributed by atoms with Gasteiger partial charge in [0.2, 0.25) is 0 Å². The zero-order valence-electron chi connectivity index (χ0n) is 13.1. The summed E-state index contributed by atoms with van der Waals surface area (Å²) in [5.41, 5.74) is 0.363. The van der Waals surface area contributed by atoms with Crippen molar-refractivity contribution in [3.8, 4) is 6.07 Å². The average Bonchev–Trinajstić information content (AvgIpc) is 2.62. The number of amides is 1. The van der Waals surface area contributed by atoms with Gasteiger partial charge >= 0.3 is 5.97 Å². The summed E-state index contributed by atoms with van der Waals surface area (Å²) < 4.78 is 5.91. The van der Waals surface area contributed by atoms with E-state index in [1.54, 1.807) is 24.4 Å². The normalized spacial score (nSPS) is 9.92. The van der Waals surface area contributed by atoms with Gasteiger partial charge in [-0.3, -0.25) is 4.79 Å². The van der Waals surface area contributed by atoms with E-state index in [0.29, 0.717) is 10.5 Å². The van der Waals surface area contributed by atoms with Gasteiger partial charge in [-0.2, -0.15) is 5.26 Å². The highest BCUT2D eigenvalue weighted by Crippen LogP contribution is 2.29. The number of carbonyl (C=O) groups is 2. The van der Waals surface area contributed by atoms with E-state index in [0.717, 1.165) is 9.50 Å². The largest absolute Gasteiger partial charge is 0.452 e. The lowest BCUT2D eigenvalue weighted by Gasteiger charge is -2.09. The molecule has 0 unspecified atom stereocenters. The number of nitrogens with one attached hydrogen (secondary N) is 1. The predicted molar refractivity (Wildman–Crippen MR) is 96.0 cm³/mol. The summed E-state index contributed by atoms with van der Waals surface area (Å²) in [5, 5.41) is 11.6. The van der Waals surface area contributed by atoms with Crippen molar-refractivity contribution in [1.82, 2.24) is 10.3 Å². The SMILES string of the molecule is N#CCCNC(=O)COC(=O)c1ccccc1Sc1ccc(Br)cn1. The maximum Gasteiger partial charge on any atom is 0.339 e. The topological polar surface area (TPSA) is 92.1 Å². The molecule has 25 heavy (non-hydrogen) atoms. The molecule has 128 valence electrons. The standard InChI is InChI=1S/C17H14BrN3O3S/c18-12-6-7-16(21-10-12)25-14-5-2-1-4-13(14)17(23)24-11-15(22)20-9-3-8-19/h1-2,4-7,10H,3,9,11H2,(H,20,22). The number of hydrogen-bond acceptors (Lipinski definition) is 6. The second-order valence-corrected chi connectivity index (χ2v) is 6.72. The van der Waals surface area contributed by atoms with E-state index >= 15 is 0 Å². The third kappa shape index (κ3) is 6.21. The molecule has 0 saturated carbocycles. The average molecular weight is 420 g/mol. The molecule has 0 bridgehead atoms. The summed E-state index contributed by atoms with van der Waals surface area (Å²) in [4.78, 5) is 28.7. The molecule has 0 spiro atoms. The smallest absolute Gasteiger partial charge is 0.339 e. The number of pyridine rings is 1. The Kier molecular flexibility index (Phi) is 7.44. The van der Waals surface area contributed by atoms with Gasteiger partial charge in [-0.05, 0) is 40.2 Å². The molecule has 0 radical (unpaired) electrons. The predicted octanol–water partition coefficient (Wildman–Crippen LogP) is 3.18. The van der Waals surface area contributed by atoms with Crippen LogP contribution in [0.1, 0.15) is 16.8 Å². The second-order valence-electron chi connectivity index (χ2n) is 4.75. The van der Waals surface area contributed by atoms with E-state index in [9.17, 15) is 9.59 Å². The quantitative estimate of drug-likeness (QED) is 0.547. The van der Waals surface area contributed by atoms with E-state index < -0.39 is 11.9 Å². The zero-order valence-corrected chi connectivity index (χ0v) is 15.5. The lowest BCUT2D eigenvalue weighted by Crippen LogP contribution is -2.29. The first-order chi connectivity index (χ1) is 12.1. The van der Waals surface area contributed by atoms with Crippen LogP contribution in [-0.2, 0) is 9.53 Å². The van der Waals surface area contributed by atoms with E-state index in [2.05, 4.69) is 26.2 Å². The van der Waals surface area contributed by atoms with Gasteiger partial charge in [0.25, 0.3) is 5.91 Å². The first-order valence-corrected chi connectivity index (χ1v) is 8.90. The van der Waals surface area contributed by atoms with E-state index in [-0.39, 0.29) is 19.6 Å². The molecule has 0 aliphatic carbocycles. The fourth-order valence-electron chi connectivity index (χ4n) is 1.78. The summed E-state index contributed by atoms with van der Waals surface area (Å²) >= 11 is 4.66. The highest BCUT2D eigenvalue weighted by molar-refractivity contribution is 9.10. The van der Waals surface area contributed by atoms with Crippen molar-refractivity contribution >= 4 is 39.6 Å². The van der Waals surface area contributed by atoms with Crippen LogP contribution in [0, 0.1) is 11.3 Å². The molecule has 0 aliphatic rings. The lowest BCUT2D eigenvalue weighted by atomic mass is 10.2. The molecular weight excluding hydrogens is 406 g/mol. The van der Waals surface area contributed by atoms with Crippen molar-refractivity contribution in [2.75, 3.05) is 13.2 Å².